The van der Waals surface area contributed by atoms with Crippen LogP contribution < -0.4 is 5.32 Å². The van der Waals surface area contributed by atoms with Crippen molar-refractivity contribution in [1.29, 1.82) is 0 Å². The molecule has 0 bridgehead atoms. The number of nitrogens with one attached hydrogen (secondary N) is 1. The van der Waals surface area contributed by atoms with Crippen LogP contribution in [0, 0.1) is 6.92 Å². The largest absolute Gasteiger partial charge is 0.480 e. The third-order valence-corrected chi connectivity index (χ3v) is 4.88. The topological polar surface area (TPSA) is 95.4 Å². The minimum atomic E-state index is -0.980. The third-order valence-electron chi connectivity index (χ3n) is 2.70. The first kappa shape index (κ1) is 14.1. The van der Waals surface area contributed by atoms with E-state index >= 15 is 0 Å². The SMILES string of the molecule is CCC1SCC(C(=O)O)N1C(=O)Nc1nc(C)ns1. The number of thioether (sulfide) groups is 1. The number of carbonyl (C=O) groups excluding carboxylic acids is 1. The van der Waals surface area contributed by atoms with E-state index in [1.165, 1.54) is 16.7 Å². The zero-order chi connectivity index (χ0) is 14.0. The predicted molar refractivity (Wildman–Crippen MR) is 73.5 cm³/mol. The lowest BCUT2D eigenvalue weighted by Crippen LogP contribution is -2.47. The average molecular weight is 302 g/mol. The van der Waals surface area contributed by atoms with Gasteiger partial charge in [-0.05, 0) is 13.3 Å². The van der Waals surface area contributed by atoms with E-state index in [4.69, 9.17) is 5.11 Å². The smallest absolute Gasteiger partial charge is 0.327 e. The molecule has 1 aliphatic rings. The number of hydrogen-bond donors (Lipinski definition) is 2. The lowest BCUT2D eigenvalue weighted by molar-refractivity contribution is -0.141. The highest BCUT2D eigenvalue weighted by atomic mass is 32.2. The normalized spacial score (nSPS) is 22.5. The van der Waals surface area contributed by atoms with Crippen molar-refractivity contribution in [1.82, 2.24) is 14.3 Å². The molecule has 19 heavy (non-hydrogen) atoms. The van der Waals surface area contributed by atoms with Gasteiger partial charge in [-0.25, -0.2) is 14.6 Å². The molecule has 7 nitrogen and oxygen atoms in total. The molecule has 104 valence electrons. The van der Waals surface area contributed by atoms with E-state index in [1.54, 1.807) is 6.92 Å². The maximum absolute atomic E-state index is 12.2. The van der Waals surface area contributed by atoms with Crippen LogP contribution >= 0.6 is 23.3 Å². The van der Waals surface area contributed by atoms with Crippen LogP contribution in [-0.4, -0.2) is 48.5 Å². The van der Waals surface area contributed by atoms with Crippen LogP contribution in [-0.2, 0) is 4.79 Å². The fraction of sp³-hybridized carbons (Fsp3) is 0.600. The van der Waals surface area contributed by atoms with Gasteiger partial charge in [-0.2, -0.15) is 4.37 Å². The minimum Gasteiger partial charge on any atom is -0.480 e. The van der Waals surface area contributed by atoms with Gasteiger partial charge in [0.15, 0.2) is 0 Å². The number of nitrogens with zero attached hydrogens (tertiary/aromatic N) is 3. The number of aliphatic carboxylic acids is 1. The number of urea groups is 1. The van der Waals surface area contributed by atoms with Gasteiger partial charge < -0.3 is 5.11 Å². The Morgan fingerprint density at radius 2 is 2.32 bits per heavy atom. The van der Waals surface area contributed by atoms with E-state index in [0.717, 1.165) is 11.5 Å². The summed E-state index contributed by atoms with van der Waals surface area (Å²) in [4.78, 5) is 28.8. The Kier molecular flexibility index (Phi) is 4.25. The van der Waals surface area contributed by atoms with Gasteiger partial charge in [-0.1, -0.05) is 6.92 Å². The van der Waals surface area contributed by atoms with Crippen LogP contribution in [0.2, 0.25) is 0 Å². The molecule has 2 amide bonds. The van der Waals surface area contributed by atoms with Crippen molar-refractivity contribution < 1.29 is 14.7 Å². The monoisotopic (exact) mass is 302 g/mol. The van der Waals surface area contributed by atoms with Crippen LogP contribution in [0.25, 0.3) is 0 Å². The van der Waals surface area contributed by atoms with E-state index in [1.807, 2.05) is 6.92 Å². The highest BCUT2D eigenvalue weighted by Gasteiger charge is 2.41. The van der Waals surface area contributed by atoms with Gasteiger partial charge >= 0.3 is 12.0 Å². The lowest BCUT2D eigenvalue weighted by Gasteiger charge is -2.26. The van der Waals surface area contributed by atoms with E-state index in [9.17, 15) is 9.59 Å². The summed E-state index contributed by atoms with van der Waals surface area (Å²) in [7, 11) is 0. The number of rotatable bonds is 3. The molecule has 1 aromatic heterocycles. The molecule has 2 heterocycles. The molecule has 0 aliphatic carbocycles. The second-order valence-electron chi connectivity index (χ2n) is 4.03. The van der Waals surface area contributed by atoms with Crippen molar-refractivity contribution in [2.75, 3.05) is 11.1 Å². The first-order valence-electron chi connectivity index (χ1n) is 5.77. The van der Waals surface area contributed by atoms with Crippen molar-refractivity contribution in [3.8, 4) is 0 Å². The van der Waals surface area contributed by atoms with E-state index in [0.29, 0.717) is 23.1 Å². The fourth-order valence-electron chi connectivity index (χ4n) is 1.84. The molecule has 0 radical (unpaired) electrons. The van der Waals surface area contributed by atoms with Gasteiger partial charge in [0.25, 0.3) is 0 Å². The standard InChI is InChI=1S/C10H14N4O3S2/c1-3-7-14(6(4-18-7)8(15)16)10(17)12-9-11-5(2)13-19-9/h6-7H,3-4H2,1-2H3,(H,15,16)(H,11,12,13,17). The first-order chi connectivity index (χ1) is 9.02. The van der Waals surface area contributed by atoms with Crippen molar-refractivity contribution >= 4 is 40.4 Å². The fourth-order valence-corrected chi connectivity index (χ4v) is 3.76. The zero-order valence-electron chi connectivity index (χ0n) is 10.5. The third kappa shape index (κ3) is 2.98. The molecular formula is C10H14N4O3S2. The van der Waals surface area contributed by atoms with Crippen molar-refractivity contribution in [2.24, 2.45) is 0 Å². The summed E-state index contributed by atoms with van der Waals surface area (Å²) >= 11 is 2.56. The van der Waals surface area contributed by atoms with Crippen LogP contribution in [0.5, 0.6) is 0 Å². The molecule has 0 saturated carbocycles. The van der Waals surface area contributed by atoms with Gasteiger partial charge in [0.05, 0.1) is 5.37 Å². The minimum absolute atomic E-state index is 0.116. The summed E-state index contributed by atoms with van der Waals surface area (Å²) in [6.07, 6.45) is 0.705. The van der Waals surface area contributed by atoms with Gasteiger partial charge in [0.2, 0.25) is 5.13 Å². The van der Waals surface area contributed by atoms with Crippen LogP contribution in [0.4, 0.5) is 9.93 Å². The molecule has 9 heteroatoms. The van der Waals surface area contributed by atoms with E-state index in [2.05, 4.69) is 14.7 Å². The van der Waals surface area contributed by atoms with Gasteiger partial charge in [-0.3, -0.25) is 10.2 Å². The average Bonchev–Trinajstić information content (AvgIpc) is 2.94. The molecular weight excluding hydrogens is 288 g/mol. The van der Waals surface area contributed by atoms with Crippen molar-refractivity contribution in [3.05, 3.63) is 5.82 Å². The Morgan fingerprint density at radius 1 is 1.58 bits per heavy atom. The predicted octanol–water partition coefficient (Wildman–Crippen LogP) is 1.62. The number of aromatic nitrogens is 2. The number of carboxylic acids is 1. The lowest BCUT2D eigenvalue weighted by atomic mass is 10.3. The van der Waals surface area contributed by atoms with Crippen molar-refractivity contribution in [2.45, 2.75) is 31.7 Å². The first-order valence-corrected chi connectivity index (χ1v) is 7.59. The molecule has 1 fully saturated rings. The second-order valence-corrected chi connectivity index (χ2v) is 6.00. The maximum atomic E-state index is 12.2. The Hall–Kier alpha value is -1.35. The van der Waals surface area contributed by atoms with Crippen LogP contribution in [0.15, 0.2) is 0 Å². The maximum Gasteiger partial charge on any atom is 0.327 e. The highest BCUT2D eigenvalue weighted by molar-refractivity contribution is 8.00. The van der Waals surface area contributed by atoms with E-state index in [-0.39, 0.29) is 5.37 Å². The van der Waals surface area contributed by atoms with Gasteiger partial charge in [-0.15, -0.1) is 11.8 Å². The van der Waals surface area contributed by atoms with E-state index < -0.39 is 18.0 Å². The number of anilines is 1. The zero-order valence-corrected chi connectivity index (χ0v) is 12.1. The van der Waals surface area contributed by atoms with Gasteiger partial charge in [0.1, 0.15) is 11.9 Å². The summed E-state index contributed by atoms with van der Waals surface area (Å²) in [6, 6.07) is -1.22. The summed E-state index contributed by atoms with van der Waals surface area (Å²) < 4.78 is 3.97. The highest BCUT2D eigenvalue weighted by Crippen LogP contribution is 2.32. The molecule has 2 unspecified atom stereocenters. The second kappa shape index (κ2) is 5.74. The number of hydrogen-bond acceptors (Lipinski definition) is 6. The van der Waals surface area contributed by atoms with Crippen LogP contribution in [0.3, 0.4) is 0 Å². The Labute approximate surface area is 118 Å². The molecule has 2 atom stereocenters. The number of amides is 2. The molecule has 0 aromatic carbocycles. The molecule has 2 rings (SSSR count). The quantitative estimate of drug-likeness (QED) is 0.881. The number of carbonyl (C=O) groups is 2. The molecule has 0 spiro atoms. The van der Waals surface area contributed by atoms with Gasteiger partial charge in [0, 0.05) is 17.3 Å². The molecule has 1 aliphatic heterocycles. The summed E-state index contributed by atoms with van der Waals surface area (Å²) in [5.41, 5.74) is 0. The number of carboxylic acid groups (broad SMARTS) is 1. The Balaban J connectivity index is 2.12. The Bertz CT molecular complexity index is 493. The number of aryl methyl sites for hydroxylation is 1. The molecule has 1 saturated heterocycles. The summed E-state index contributed by atoms with van der Waals surface area (Å²) in [6.45, 7) is 3.66. The molecule has 2 N–H and O–H groups in total. The summed E-state index contributed by atoms with van der Waals surface area (Å²) in [5.74, 6) is 0.0149. The summed E-state index contributed by atoms with van der Waals surface area (Å²) in [5, 5.41) is 12.0. The van der Waals surface area contributed by atoms with Crippen LogP contribution in [0.1, 0.15) is 19.2 Å². The Morgan fingerprint density at radius 3 is 2.84 bits per heavy atom. The van der Waals surface area contributed by atoms with Crippen molar-refractivity contribution in [3.63, 3.8) is 0 Å². The molecule has 1 aromatic rings.